The molecule has 41 heavy (non-hydrogen) atoms. The van der Waals surface area contributed by atoms with Crippen molar-refractivity contribution >= 4 is 21.8 Å². The van der Waals surface area contributed by atoms with Crippen LogP contribution in [0.1, 0.15) is 22.8 Å². The highest BCUT2D eigenvalue weighted by Crippen LogP contribution is 2.31. The van der Waals surface area contributed by atoms with Crippen LogP contribution in [0.4, 0.5) is 0 Å². The predicted molar refractivity (Wildman–Crippen MR) is 155 cm³/mol. The summed E-state index contributed by atoms with van der Waals surface area (Å²) < 4.78 is 21.5. The van der Waals surface area contributed by atoms with Crippen LogP contribution in [0.5, 0.6) is 23.0 Å². The van der Waals surface area contributed by atoms with Gasteiger partial charge in [-0.15, -0.1) is 0 Å². The summed E-state index contributed by atoms with van der Waals surface area (Å²) in [6.07, 6.45) is 0. The summed E-state index contributed by atoms with van der Waals surface area (Å²) >= 11 is 0. The van der Waals surface area contributed by atoms with Gasteiger partial charge in [0.05, 0.1) is 63.3 Å². The van der Waals surface area contributed by atoms with E-state index in [0.717, 1.165) is 11.1 Å². The van der Waals surface area contributed by atoms with Crippen LogP contribution in [0.15, 0.2) is 58.1 Å². The summed E-state index contributed by atoms with van der Waals surface area (Å²) in [6.45, 7) is 3.10. The number of benzene rings is 3. The second-order valence-electron chi connectivity index (χ2n) is 9.60. The van der Waals surface area contributed by atoms with Gasteiger partial charge in [-0.2, -0.15) is 0 Å². The zero-order chi connectivity index (χ0) is 29.1. The Bertz CT molecular complexity index is 1720. The molecular formula is C30H31N5O6. The van der Waals surface area contributed by atoms with Gasteiger partial charge in [0, 0.05) is 18.7 Å². The number of hydrogen-bond acceptors (Lipinski definition) is 9. The first-order chi connectivity index (χ1) is 19.8. The summed E-state index contributed by atoms with van der Waals surface area (Å²) in [5.74, 6) is 2.76. The molecule has 2 heterocycles. The third kappa shape index (κ3) is 5.85. The fourth-order valence-corrected chi connectivity index (χ4v) is 4.72. The van der Waals surface area contributed by atoms with E-state index >= 15 is 0 Å². The van der Waals surface area contributed by atoms with Crippen molar-refractivity contribution in [1.29, 1.82) is 0 Å². The lowest BCUT2D eigenvalue weighted by atomic mass is 10.1. The number of ether oxygens (including phenoxy) is 4. The van der Waals surface area contributed by atoms with Crippen molar-refractivity contribution in [3.8, 4) is 23.0 Å². The molecule has 2 aromatic heterocycles. The molecule has 0 atom stereocenters. The second kappa shape index (κ2) is 11.7. The van der Waals surface area contributed by atoms with Gasteiger partial charge in [0.2, 0.25) is 0 Å². The second-order valence-corrected chi connectivity index (χ2v) is 9.60. The van der Waals surface area contributed by atoms with Crippen molar-refractivity contribution in [3.63, 3.8) is 0 Å². The Kier molecular flexibility index (Phi) is 7.88. The fourth-order valence-electron chi connectivity index (χ4n) is 4.72. The van der Waals surface area contributed by atoms with Gasteiger partial charge in [-0.05, 0) is 24.6 Å². The van der Waals surface area contributed by atoms with Crippen molar-refractivity contribution in [2.45, 2.75) is 26.6 Å². The first-order valence-electron chi connectivity index (χ1n) is 12.9. The molecule has 0 aliphatic carbocycles. The van der Waals surface area contributed by atoms with E-state index in [9.17, 15) is 9.59 Å². The third-order valence-corrected chi connectivity index (χ3v) is 6.79. The minimum absolute atomic E-state index is 0.279. The number of nitrogens with zero attached hydrogens (tertiary/aromatic N) is 3. The van der Waals surface area contributed by atoms with Crippen LogP contribution in [0.3, 0.4) is 0 Å². The number of nitrogens with one attached hydrogen (secondary N) is 2. The maximum absolute atomic E-state index is 13.0. The van der Waals surface area contributed by atoms with Crippen molar-refractivity contribution < 1.29 is 18.9 Å². The average molecular weight is 558 g/mol. The zero-order valence-corrected chi connectivity index (χ0v) is 23.5. The van der Waals surface area contributed by atoms with E-state index in [1.807, 2.05) is 36.1 Å². The minimum atomic E-state index is -0.292. The maximum atomic E-state index is 13.0. The number of H-pyrrole nitrogens is 2. The molecule has 0 aliphatic rings. The molecule has 0 spiro atoms. The molecule has 11 nitrogen and oxygen atoms in total. The SMILES string of the molecule is COc1cc2nc(CN(Cc3ccc(C)cc3)Cc3nc4cc(OC)c(OC)cc4c(=O)[nH]3)[nH]c(=O)c2cc1OC. The summed E-state index contributed by atoms with van der Waals surface area (Å²) in [4.78, 5) is 43.3. The zero-order valence-electron chi connectivity index (χ0n) is 23.5. The molecule has 0 fully saturated rings. The molecule has 0 saturated carbocycles. The van der Waals surface area contributed by atoms with E-state index in [1.165, 1.54) is 28.4 Å². The molecule has 2 N–H and O–H groups in total. The van der Waals surface area contributed by atoms with Gasteiger partial charge < -0.3 is 28.9 Å². The topological polar surface area (TPSA) is 132 Å². The van der Waals surface area contributed by atoms with Gasteiger partial charge in [0.1, 0.15) is 11.6 Å². The highest BCUT2D eigenvalue weighted by atomic mass is 16.5. The van der Waals surface area contributed by atoms with Crippen LogP contribution in [0.2, 0.25) is 0 Å². The number of methoxy groups -OCH3 is 4. The van der Waals surface area contributed by atoms with E-state index in [2.05, 4.69) is 9.97 Å². The predicted octanol–water partition coefficient (Wildman–Crippen LogP) is 3.70. The number of rotatable bonds is 10. The Morgan fingerprint density at radius 1 is 0.634 bits per heavy atom. The van der Waals surface area contributed by atoms with Crippen LogP contribution in [-0.2, 0) is 19.6 Å². The molecule has 0 aliphatic heterocycles. The maximum Gasteiger partial charge on any atom is 0.258 e. The van der Waals surface area contributed by atoms with E-state index in [4.69, 9.17) is 28.9 Å². The van der Waals surface area contributed by atoms with E-state index < -0.39 is 0 Å². The number of hydrogen-bond donors (Lipinski definition) is 2. The monoisotopic (exact) mass is 557 g/mol. The van der Waals surface area contributed by atoms with Gasteiger partial charge in [0.25, 0.3) is 11.1 Å². The van der Waals surface area contributed by atoms with Crippen LogP contribution in [0.25, 0.3) is 21.8 Å². The molecular weight excluding hydrogens is 526 g/mol. The largest absolute Gasteiger partial charge is 0.493 e. The molecule has 0 bridgehead atoms. The summed E-state index contributed by atoms with van der Waals surface area (Å²) in [5, 5.41) is 0.780. The van der Waals surface area contributed by atoms with Crippen LogP contribution in [0, 0.1) is 6.92 Å². The van der Waals surface area contributed by atoms with Crippen LogP contribution < -0.4 is 30.1 Å². The Morgan fingerprint density at radius 2 is 1.05 bits per heavy atom. The van der Waals surface area contributed by atoms with Crippen molar-refractivity contribution in [3.05, 3.63) is 92.0 Å². The first-order valence-corrected chi connectivity index (χ1v) is 12.9. The Balaban J connectivity index is 1.53. The average Bonchev–Trinajstić information content (AvgIpc) is 2.97. The smallest absolute Gasteiger partial charge is 0.258 e. The quantitative estimate of drug-likeness (QED) is 0.264. The van der Waals surface area contributed by atoms with Crippen LogP contribution in [-0.4, -0.2) is 53.3 Å². The molecule has 0 unspecified atom stereocenters. The highest BCUT2D eigenvalue weighted by Gasteiger charge is 2.17. The molecule has 0 amide bonds. The van der Waals surface area contributed by atoms with Crippen molar-refractivity contribution in [2.75, 3.05) is 28.4 Å². The van der Waals surface area contributed by atoms with Crippen molar-refractivity contribution in [1.82, 2.24) is 24.8 Å². The molecule has 5 aromatic rings. The lowest BCUT2D eigenvalue weighted by molar-refractivity contribution is 0.235. The third-order valence-electron chi connectivity index (χ3n) is 6.79. The molecule has 0 radical (unpaired) electrons. The standard InChI is InChI=1S/C30H31N5O6/c1-17-6-8-18(9-7-17)14-35(15-27-31-21-12-25(40-4)23(38-2)10-19(21)29(36)33-27)16-28-32-22-13-26(41-5)24(39-3)11-20(22)30(37)34-28/h6-13H,14-16H2,1-5H3,(H,31,33,36)(H,32,34,37). The minimum Gasteiger partial charge on any atom is -0.493 e. The van der Waals surface area contributed by atoms with Gasteiger partial charge in [0.15, 0.2) is 23.0 Å². The summed E-state index contributed by atoms with van der Waals surface area (Å²) in [5.41, 5.74) is 2.58. The van der Waals surface area contributed by atoms with E-state index in [0.29, 0.717) is 63.0 Å². The highest BCUT2D eigenvalue weighted by molar-refractivity contribution is 5.82. The Hall–Kier alpha value is -4.90. The number of aryl methyl sites for hydroxylation is 1. The number of aromatic amines is 2. The fraction of sp³-hybridized carbons (Fsp3) is 0.267. The molecule has 3 aromatic carbocycles. The summed E-state index contributed by atoms with van der Waals surface area (Å²) in [7, 11) is 6.09. The Labute approximate surface area is 235 Å². The molecule has 212 valence electrons. The number of aromatic nitrogens is 4. The number of fused-ring (bicyclic) bond motifs is 2. The van der Waals surface area contributed by atoms with Crippen molar-refractivity contribution in [2.24, 2.45) is 0 Å². The normalized spacial score (nSPS) is 11.3. The van der Waals surface area contributed by atoms with Gasteiger partial charge >= 0.3 is 0 Å². The molecule has 0 saturated heterocycles. The first kappa shape index (κ1) is 27.7. The van der Waals surface area contributed by atoms with E-state index in [1.54, 1.807) is 24.3 Å². The van der Waals surface area contributed by atoms with E-state index in [-0.39, 0.29) is 24.2 Å². The van der Waals surface area contributed by atoms with Crippen LogP contribution >= 0.6 is 0 Å². The van der Waals surface area contributed by atoms with Gasteiger partial charge in [-0.25, -0.2) is 9.97 Å². The summed E-state index contributed by atoms with van der Waals surface area (Å²) in [6, 6.07) is 14.8. The molecule has 11 heteroatoms. The molecule has 5 rings (SSSR count). The lowest BCUT2D eigenvalue weighted by Crippen LogP contribution is -2.27. The lowest BCUT2D eigenvalue weighted by Gasteiger charge is -2.22. The Morgan fingerprint density at radius 3 is 1.46 bits per heavy atom. The van der Waals surface area contributed by atoms with Gasteiger partial charge in [-0.1, -0.05) is 29.8 Å². The van der Waals surface area contributed by atoms with Gasteiger partial charge in [-0.3, -0.25) is 14.5 Å².